The van der Waals surface area contributed by atoms with Crippen molar-refractivity contribution < 1.29 is 9.53 Å². The molecule has 2 fully saturated rings. The van der Waals surface area contributed by atoms with Crippen LogP contribution in [0.5, 0.6) is 5.75 Å². The van der Waals surface area contributed by atoms with Crippen molar-refractivity contribution in [3.8, 4) is 5.75 Å². The summed E-state index contributed by atoms with van der Waals surface area (Å²) in [5.74, 6) is 0.787. The number of benzene rings is 1. The third kappa shape index (κ3) is 4.15. The molecule has 0 spiro atoms. The molecule has 1 aromatic carbocycles. The summed E-state index contributed by atoms with van der Waals surface area (Å²) in [7, 11) is 1.91. The molecule has 3 rings (SSSR count). The molecule has 1 amide bonds. The second-order valence-corrected chi connectivity index (χ2v) is 6.93. The Bertz CT molecular complexity index is 499. The summed E-state index contributed by atoms with van der Waals surface area (Å²) in [5.41, 5.74) is 0. The average molecular weight is 390 g/mol. The maximum Gasteiger partial charge on any atom is 0.260 e. The van der Waals surface area contributed by atoms with Gasteiger partial charge in [0.25, 0.3) is 5.91 Å². The number of rotatable bonds is 4. The quantitative estimate of drug-likeness (QED) is 0.861. The fraction of sp³-hybridized carbons (Fsp3) is 0.562. The number of nitrogens with one attached hydrogen (secondary N) is 1. The van der Waals surface area contributed by atoms with E-state index in [4.69, 9.17) is 4.74 Å². The van der Waals surface area contributed by atoms with Crippen LogP contribution in [0, 0.1) is 0 Å². The Morgan fingerprint density at radius 3 is 2.45 bits per heavy atom. The molecule has 0 saturated carbocycles. The van der Waals surface area contributed by atoms with E-state index in [1.807, 2.05) is 36.2 Å². The first-order valence-electron chi connectivity index (χ1n) is 7.52. The largest absolute Gasteiger partial charge is 0.484 e. The molecule has 6 heteroatoms. The van der Waals surface area contributed by atoms with Crippen molar-refractivity contribution >= 4 is 34.2 Å². The molecule has 2 aliphatic rings. The lowest BCUT2D eigenvalue weighted by Crippen LogP contribution is -2.49. The Hall–Kier alpha value is -0.780. The van der Waals surface area contributed by atoms with Gasteiger partial charge in [0.05, 0.1) is 0 Å². The van der Waals surface area contributed by atoms with Crippen molar-refractivity contribution in [2.24, 2.45) is 0 Å². The van der Waals surface area contributed by atoms with Crippen molar-refractivity contribution in [1.29, 1.82) is 0 Å². The monoisotopic (exact) mass is 388 g/mol. The van der Waals surface area contributed by atoms with Gasteiger partial charge < -0.3 is 15.0 Å². The number of ether oxygens (including phenoxy) is 1. The van der Waals surface area contributed by atoms with Crippen molar-refractivity contribution in [2.75, 3.05) is 13.7 Å². The zero-order chi connectivity index (χ0) is 14.8. The van der Waals surface area contributed by atoms with E-state index in [0.717, 1.165) is 23.1 Å². The molecule has 22 heavy (non-hydrogen) atoms. The van der Waals surface area contributed by atoms with Gasteiger partial charge in [-0.05, 0) is 49.9 Å². The van der Waals surface area contributed by atoms with E-state index in [9.17, 15) is 4.79 Å². The lowest BCUT2D eigenvalue weighted by atomic mass is 9.98. The molecule has 2 unspecified atom stereocenters. The predicted octanol–water partition coefficient (Wildman–Crippen LogP) is 2.99. The molecule has 1 N–H and O–H groups in total. The minimum atomic E-state index is 0. The first kappa shape index (κ1) is 17.6. The fourth-order valence-electron chi connectivity index (χ4n) is 3.32. The van der Waals surface area contributed by atoms with Gasteiger partial charge in [-0.3, -0.25) is 4.79 Å². The van der Waals surface area contributed by atoms with Crippen molar-refractivity contribution in [3.05, 3.63) is 28.7 Å². The second-order valence-electron chi connectivity index (χ2n) is 6.01. The summed E-state index contributed by atoms with van der Waals surface area (Å²) in [6.45, 7) is 0.109. The van der Waals surface area contributed by atoms with Gasteiger partial charge in [0, 0.05) is 29.6 Å². The van der Waals surface area contributed by atoms with Gasteiger partial charge in [0.2, 0.25) is 0 Å². The lowest BCUT2D eigenvalue weighted by molar-refractivity contribution is -0.134. The second kappa shape index (κ2) is 7.66. The van der Waals surface area contributed by atoms with E-state index in [1.165, 1.54) is 12.8 Å². The van der Waals surface area contributed by atoms with Crippen LogP contribution in [-0.4, -0.2) is 42.6 Å². The SMILES string of the molecule is CN(C(=O)COc1ccc(Br)cc1)C1CC2CCC(C1)N2.Cl. The maximum atomic E-state index is 12.3. The molecule has 2 aliphatic heterocycles. The normalized spacial score (nSPS) is 26.2. The van der Waals surface area contributed by atoms with Gasteiger partial charge in [0.1, 0.15) is 5.75 Å². The molecule has 0 aliphatic carbocycles. The Morgan fingerprint density at radius 1 is 1.27 bits per heavy atom. The van der Waals surface area contributed by atoms with Crippen molar-refractivity contribution in [2.45, 2.75) is 43.8 Å². The molecule has 122 valence electrons. The molecule has 4 nitrogen and oxygen atoms in total. The highest BCUT2D eigenvalue weighted by Crippen LogP contribution is 2.29. The number of hydrogen-bond acceptors (Lipinski definition) is 3. The summed E-state index contributed by atoms with van der Waals surface area (Å²) >= 11 is 3.38. The number of halogens is 2. The number of hydrogen-bond donors (Lipinski definition) is 1. The first-order chi connectivity index (χ1) is 10.1. The van der Waals surface area contributed by atoms with E-state index in [0.29, 0.717) is 18.1 Å². The van der Waals surface area contributed by atoms with Crippen LogP contribution >= 0.6 is 28.3 Å². The minimum absolute atomic E-state index is 0. The van der Waals surface area contributed by atoms with Crippen LogP contribution in [0.3, 0.4) is 0 Å². The van der Waals surface area contributed by atoms with Crippen LogP contribution < -0.4 is 10.1 Å². The number of piperidine rings is 1. The van der Waals surface area contributed by atoms with Crippen LogP contribution in [0.4, 0.5) is 0 Å². The van der Waals surface area contributed by atoms with Crippen LogP contribution in [-0.2, 0) is 4.79 Å². The topological polar surface area (TPSA) is 41.6 Å². The highest BCUT2D eigenvalue weighted by molar-refractivity contribution is 9.10. The third-order valence-electron chi connectivity index (χ3n) is 4.57. The Morgan fingerprint density at radius 2 is 1.86 bits per heavy atom. The van der Waals surface area contributed by atoms with Crippen LogP contribution in [0.25, 0.3) is 0 Å². The maximum absolute atomic E-state index is 12.3. The third-order valence-corrected chi connectivity index (χ3v) is 5.09. The molecule has 2 heterocycles. The number of amides is 1. The Kier molecular flexibility index (Phi) is 6.12. The van der Waals surface area contributed by atoms with Gasteiger partial charge in [-0.15, -0.1) is 12.4 Å². The zero-order valence-corrected chi connectivity index (χ0v) is 15.0. The standard InChI is InChI=1S/C16H21BrN2O2.ClH/c1-19(14-8-12-4-5-13(9-14)18-12)16(20)10-21-15-6-2-11(17)3-7-15;/h2-3,6-7,12-14,18H,4-5,8-10H2,1H3;1H. The van der Waals surface area contributed by atoms with Crippen LogP contribution in [0.1, 0.15) is 25.7 Å². The van der Waals surface area contributed by atoms with E-state index < -0.39 is 0 Å². The molecule has 1 aromatic rings. The summed E-state index contributed by atoms with van der Waals surface area (Å²) in [5, 5.41) is 3.60. The number of carbonyl (C=O) groups is 1. The number of nitrogens with zero attached hydrogens (tertiary/aromatic N) is 1. The van der Waals surface area contributed by atoms with Crippen molar-refractivity contribution in [1.82, 2.24) is 10.2 Å². The zero-order valence-electron chi connectivity index (χ0n) is 12.6. The fourth-order valence-corrected chi connectivity index (χ4v) is 3.59. The molecular weight excluding hydrogens is 368 g/mol. The molecule has 2 atom stereocenters. The predicted molar refractivity (Wildman–Crippen MR) is 92.6 cm³/mol. The van der Waals surface area contributed by atoms with Gasteiger partial charge >= 0.3 is 0 Å². The molecule has 2 bridgehead atoms. The Labute approximate surface area is 146 Å². The average Bonchev–Trinajstić information content (AvgIpc) is 2.84. The van der Waals surface area contributed by atoms with E-state index >= 15 is 0 Å². The molecule has 0 radical (unpaired) electrons. The van der Waals surface area contributed by atoms with Gasteiger partial charge in [-0.1, -0.05) is 15.9 Å². The van der Waals surface area contributed by atoms with Gasteiger partial charge in [0.15, 0.2) is 6.61 Å². The summed E-state index contributed by atoms with van der Waals surface area (Å²) in [4.78, 5) is 14.2. The van der Waals surface area contributed by atoms with Gasteiger partial charge in [-0.2, -0.15) is 0 Å². The highest BCUT2D eigenvalue weighted by atomic mass is 79.9. The molecule has 2 saturated heterocycles. The first-order valence-corrected chi connectivity index (χ1v) is 8.31. The summed E-state index contributed by atoms with van der Waals surface area (Å²) < 4.78 is 6.58. The summed E-state index contributed by atoms with van der Waals surface area (Å²) in [6, 6.07) is 9.09. The van der Waals surface area contributed by atoms with E-state index in [1.54, 1.807) is 0 Å². The van der Waals surface area contributed by atoms with Crippen molar-refractivity contribution in [3.63, 3.8) is 0 Å². The van der Waals surface area contributed by atoms with Gasteiger partial charge in [-0.25, -0.2) is 0 Å². The smallest absolute Gasteiger partial charge is 0.260 e. The number of fused-ring (bicyclic) bond motifs is 2. The molecular formula is C16H22BrClN2O2. The number of likely N-dealkylation sites (N-methyl/N-ethyl adjacent to an activating group) is 1. The van der Waals surface area contributed by atoms with E-state index in [2.05, 4.69) is 21.2 Å². The molecule has 0 aromatic heterocycles. The van der Waals surface area contributed by atoms with Crippen LogP contribution in [0.15, 0.2) is 28.7 Å². The highest BCUT2D eigenvalue weighted by Gasteiger charge is 2.36. The lowest BCUT2D eigenvalue weighted by Gasteiger charge is -2.35. The minimum Gasteiger partial charge on any atom is -0.484 e. The van der Waals surface area contributed by atoms with Crippen LogP contribution in [0.2, 0.25) is 0 Å². The number of carbonyl (C=O) groups excluding carboxylic acids is 1. The van der Waals surface area contributed by atoms with E-state index in [-0.39, 0.29) is 24.9 Å². The Balaban J connectivity index is 0.00000176. The summed E-state index contributed by atoms with van der Waals surface area (Å²) in [6.07, 6.45) is 4.63.